The van der Waals surface area contributed by atoms with E-state index in [1.807, 2.05) is 27.7 Å². The molecule has 1 aliphatic rings. The van der Waals surface area contributed by atoms with Crippen LogP contribution < -0.4 is 5.32 Å². The van der Waals surface area contributed by atoms with Gasteiger partial charge in [0, 0.05) is 25.2 Å². The first-order valence-corrected chi connectivity index (χ1v) is 12.1. The van der Waals surface area contributed by atoms with Gasteiger partial charge in [0.2, 0.25) is 11.8 Å². The molecule has 7 heteroatoms. The molecule has 32 heavy (non-hydrogen) atoms. The molecule has 0 saturated carbocycles. The van der Waals surface area contributed by atoms with Gasteiger partial charge in [-0.05, 0) is 51.4 Å². The molecular formula is C25H45N3O4. The van der Waals surface area contributed by atoms with E-state index in [-0.39, 0.29) is 47.3 Å². The first-order valence-electron chi connectivity index (χ1n) is 12.1. The predicted octanol–water partition coefficient (Wildman–Crippen LogP) is 3.54. The van der Waals surface area contributed by atoms with E-state index in [4.69, 9.17) is 0 Å². The number of carboxylic acids is 1. The number of carboxylic acid groups (broad SMARTS) is 1. The van der Waals surface area contributed by atoms with Crippen molar-refractivity contribution >= 4 is 17.8 Å². The van der Waals surface area contributed by atoms with Crippen LogP contribution in [0.5, 0.6) is 0 Å². The van der Waals surface area contributed by atoms with E-state index in [1.165, 1.54) is 6.92 Å². The fourth-order valence-corrected chi connectivity index (χ4v) is 4.47. The van der Waals surface area contributed by atoms with E-state index in [0.717, 1.165) is 25.8 Å². The lowest BCUT2D eigenvalue weighted by atomic mass is 9.89. The average Bonchev–Trinajstić information content (AvgIpc) is 2.73. The molecule has 184 valence electrons. The minimum atomic E-state index is -0.998. The molecule has 0 spiro atoms. The van der Waals surface area contributed by atoms with Crippen LogP contribution in [0.4, 0.5) is 0 Å². The molecule has 0 unspecified atom stereocenters. The van der Waals surface area contributed by atoms with Crippen molar-refractivity contribution in [2.45, 2.75) is 98.8 Å². The van der Waals surface area contributed by atoms with Gasteiger partial charge >= 0.3 is 5.97 Å². The van der Waals surface area contributed by atoms with Gasteiger partial charge in [0.1, 0.15) is 6.04 Å². The van der Waals surface area contributed by atoms with Gasteiger partial charge < -0.3 is 15.3 Å². The molecule has 0 aromatic rings. The Kier molecular flexibility index (Phi) is 10.9. The molecule has 1 fully saturated rings. The van der Waals surface area contributed by atoms with Crippen LogP contribution in [-0.2, 0) is 14.4 Å². The lowest BCUT2D eigenvalue weighted by molar-refractivity contribution is -0.140. The second-order valence-corrected chi connectivity index (χ2v) is 10.2. The maximum Gasteiger partial charge on any atom is 0.331 e. The summed E-state index contributed by atoms with van der Waals surface area (Å²) in [6, 6.07) is -1.01. The quantitative estimate of drug-likeness (QED) is 0.496. The molecule has 0 aromatic heterocycles. The topological polar surface area (TPSA) is 90.0 Å². The summed E-state index contributed by atoms with van der Waals surface area (Å²) < 4.78 is 0. The van der Waals surface area contributed by atoms with Crippen LogP contribution in [0.1, 0.15) is 74.7 Å². The summed E-state index contributed by atoms with van der Waals surface area (Å²) in [7, 11) is 1.69. The largest absolute Gasteiger partial charge is 0.478 e. The number of nitrogens with zero attached hydrogens (tertiary/aromatic N) is 2. The molecule has 0 radical (unpaired) electrons. The van der Waals surface area contributed by atoms with Crippen molar-refractivity contribution in [2.75, 3.05) is 13.6 Å². The molecule has 0 bridgehead atoms. The maximum atomic E-state index is 13.4. The third kappa shape index (κ3) is 7.32. The van der Waals surface area contributed by atoms with E-state index in [2.05, 4.69) is 31.0 Å². The van der Waals surface area contributed by atoms with Crippen molar-refractivity contribution < 1.29 is 19.5 Å². The molecule has 1 aliphatic heterocycles. The summed E-state index contributed by atoms with van der Waals surface area (Å²) >= 11 is 0. The molecule has 1 saturated heterocycles. The summed E-state index contributed by atoms with van der Waals surface area (Å²) in [6.45, 7) is 16.6. The molecule has 0 aliphatic carbocycles. The molecular weight excluding hydrogens is 406 g/mol. The van der Waals surface area contributed by atoms with Crippen LogP contribution in [0.2, 0.25) is 0 Å². The normalized spacial score (nSPS) is 22.2. The zero-order chi connectivity index (χ0) is 24.7. The molecule has 2 N–H and O–H groups in total. The van der Waals surface area contributed by atoms with E-state index in [9.17, 15) is 19.5 Å². The predicted molar refractivity (Wildman–Crippen MR) is 128 cm³/mol. The van der Waals surface area contributed by atoms with Crippen molar-refractivity contribution in [3.8, 4) is 0 Å². The number of nitrogens with one attached hydrogen (secondary N) is 1. The average molecular weight is 452 g/mol. The fraction of sp³-hybridized carbons (Fsp3) is 0.800. The van der Waals surface area contributed by atoms with Crippen molar-refractivity contribution in [1.82, 2.24) is 15.1 Å². The number of hydrogen-bond acceptors (Lipinski definition) is 4. The van der Waals surface area contributed by atoms with Gasteiger partial charge in [-0.1, -0.05) is 47.1 Å². The molecule has 2 amide bonds. The highest BCUT2D eigenvalue weighted by Crippen LogP contribution is 2.26. The van der Waals surface area contributed by atoms with E-state index < -0.39 is 12.0 Å². The number of carbonyl (C=O) groups is 3. The van der Waals surface area contributed by atoms with Gasteiger partial charge in [-0.2, -0.15) is 0 Å². The Morgan fingerprint density at radius 3 is 2.12 bits per heavy atom. The summed E-state index contributed by atoms with van der Waals surface area (Å²) in [5.74, 6) is -0.743. The van der Waals surface area contributed by atoms with Crippen molar-refractivity contribution in [2.24, 2.45) is 17.8 Å². The first kappa shape index (κ1) is 28.1. The van der Waals surface area contributed by atoms with Crippen LogP contribution in [0.25, 0.3) is 0 Å². The highest BCUT2D eigenvalue weighted by Gasteiger charge is 2.37. The lowest BCUT2D eigenvalue weighted by Crippen LogP contribution is -2.59. The Morgan fingerprint density at radius 1 is 1.09 bits per heavy atom. The number of piperidine rings is 1. The monoisotopic (exact) mass is 451 g/mol. The van der Waals surface area contributed by atoms with Crippen LogP contribution >= 0.6 is 0 Å². The second kappa shape index (κ2) is 12.4. The number of aliphatic carboxylic acids is 1. The van der Waals surface area contributed by atoms with E-state index in [0.29, 0.717) is 5.92 Å². The van der Waals surface area contributed by atoms with Crippen LogP contribution in [-0.4, -0.2) is 70.4 Å². The van der Waals surface area contributed by atoms with Gasteiger partial charge in [0.05, 0.1) is 12.1 Å². The van der Waals surface area contributed by atoms with Gasteiger partial charge in [0.15, 0.2) is 0 Å². The molecule has 0 aromatic carbocycles. The Morgan fingerprint density at radius 2 is 1.69 bits per heavy atom. The second-order valence-electron chi connectivity index (χ2n) is 10.2. The molecule has 1 heterocycles. The van der Waals surface area contributed by atoms with Gasteiger partial charge in [-0.25, -0.2) is 4.79 Å². The number of rotatable bonds is 10. The fourth-order valence-electron chi connectivity index (χ4n) is 4.47. The number of likely N-dealkylation sites (tertiary alicyclic amines) is 1. The zero-order valence-electron chi connectivity index (χ0n) is 21.5. The third-order valence-corrected chi connectivity index (χ3v) is 6.73. The highest BCUT2D eigenvalue weighted by atomic mass is 16.4. The number of hydrogen-bond donors (Lipinski definition) is 2. The molecule has 4 atom stereocenters. The minimum absolute atomic E-state index is 0.0301. The third-order valence-electron chi connectivity index (χ3n) is 6.73. The number of amides is 2. The van der Waals surface area contributed by atoms with Gasteiger partial charge in [-0.3, -0.25) is 14.5 Å². The lowest BCUT2D eigenvalue weighted by Gasteiger charge is -2.42. The zero-order valence-corrected chi connectivity index (χ0v) is 21.5. The molecule has 7 nitrogen and oxygen atoms in total. The smallest absolute Gasteiger partial charge is 0.331 e. The highest BCUT2D eigenvalue weighted by molar-refractivity contribution is 5.90. The maximum absolute atomic E-state index is 13.4. The Hall–Kier alpha value is -1.89. The van der Waals surface area contributed by atoms with E-state index >= 15 is 0 Å². The standard InChI is InChI=1S/C25H45N3O4/c1-10-19-11-12-20(28(14-19)17(6)7)23(29)26-22(16(4)5)24(30)27(9)21(15(2)3)13-18(8)25(31)32/h13,15-17,19-22H,10-12,14H2,1-9H3,(H,26,29)(H,31,32)/t19-,20-,21-,22-/m1/s1. The van der Waals surface area contributed by atoms with Crippen molar-refractivity contribution in [3.05, 3.63) is 11.6 Å². The summed E-state index contributed by atoms with van der Waals surface area (Å²) in [5, 5.41) is 12.3. The summed E-state index contributed by atoms with van der Waals surface area (Å²) in [4.78, 5) is 41.9. The Labute approximate surface area is 194 Å². The number of carbonyl (C=O) groups excluding carboxylic acids is 2. The minimum Gasteiger partial charge on any atom is -0.478 e. The van der Waals surface area contributed by atoms with Crippen LogP contribution in [0.15, 0.2) is 11.6 Å². The van der Waals surface area contributed by atoms with Crippen molar-refractivity contribution in [1.29, 1.82) is 0 Å². The SMILES string of the molecule is CC[C@@H]1CC[C@H](C(=O)N[C@@H](C(=O)N(C)[C@H](C=C(C)C(=O)O)C(C)C)C(C)C)N(C(C)C)C1. The number of likely N-dealkylation sites (N-methyl/N-ethyl adjacent to an activating group) is 1. The summed E-state index contributed by atoms with van der Waals surface area (Å²) in [6.07, 6.45) is 4.55. The van der Waals surface area contributed by atoms with Crippen LogP contribution in [0, 0.1) is 17.8 Å². The Bertz CT molecular complexity index is 687. The molecule has 1 rings (SSSR count). The Balaban J connectivity index is 3.06. The summed E-state index contributed by atoms with van der Waals surface area (Å²) in [5.41, 5.74) is 0.203. The van der Waals surface area contributed by atoms with E-state index in [1.54, 1.807) is 18.0 Å². The van der Waals surface area contributed by atoms with Gasteiger partial charge in [0.25, 0.3) is 0 Å². The first-order chi connectivity index (χ1) is 14.8. The van der Waals surface area contributed by atoms with Crippen LogP contribution in [0.3, 0.4) is 0 Å². The van der Waals surface area contributed by atoms with Crippen molar-refractivity contribution in [3.63, 3.8) is 0 Å². The van der Waals surface area contributed by atoms with Gasteiger partial charge in [-0.15, -0.1) is 0 Å².